The number of nitrogens with zero attached hydrogens (tertiary/aromatic N) is 3. The minimum absolute atomic E-state index is 0.0478. The molecule has 1 unspecified atom stereocenters. The van der Waals surface area contributed by atoms with E-state index in [9.17, 15) is 18.0 Å². The summed E-state index contributed by atoms with van der Waals surface area (Å²) in [5.41, 5.74) is 1.20. The fourth-order valence-electron chi connectivity index (χ4n) is 4.22. The third-order valence-corrected chi connectivity index (χ3v) is 6.58. The number of likely N-dealkylation sites (tertiary alicyclic amines) is 1. The summed E-state index contributed by atoms with van der Waals surface area (Å²) < 4.78 is 44.8. The van der Waals surface area contributed by atoms with Crippen LogP contribution in [0.15, 0.2) is 47.0 Å². The van der Waals surface area contributed by atoms with Crippen LogP contribution in [0.4, 0.5) is 18.9 Å². The summed E-state index contributed by atoms with van der Waals surface area (Å²) in [6, 6.07) is 11.4. The van der Waals surface area contributed by atoms with E-state index in [2.05, 4.69) is 48.4 Å². The quantitative estimate of drug-likeness (QED) is 0.412. The lowest BCUT2D eigenvalue weighted by Gasteiger charge is -2.30. The van der Waals surface area contributed by atoms with E-state index >= 15 is 0 Å². The fraction of sp³-hybridized carbons (Fsp3) is 0.423. The highest BCUT2D eigenvalue weighted by molar-refractivity contribution is 6.31. The Morgan fingerprint density at radius 2 is 1.89 bits per heavy atom. The number of halogens is 4. The molecular weight excluding hydrogens is 493 g/mol. The van der Waals surface area contributed by atoms with Gasteiger partial charge in [-0.15, -0.1) is 0 Å². The number of alkyl halides is 3. The van der Waals surface area contributed by atoms with Crippen LogP contribution in [-0.4, -0.2) is 34.0 Å². The van der Waals surface area contributed by atoms with Gasteiger partial charge in [0.25, 0.3) is 0 Å². The maximum Gasteiger partial charge on any atom is 0.417 e. The van der Waals surface area contributed by atoms with E-state index in [0.29, 0.717) is 31.2 Å². The van der Waals surface area contributed by atoms with Crippen LogP contribution in [0.1, 0.15) is 50.6 Å². The van der Waals surface area contributed by atoms with Crippen LogP contribution in [0.2, 0.25) is 5.02 Å². The standard InChI is InChI=1S/C26H28ClF3N4O2/c1-25(2,3)18-8-6-16(7-9-18)23-32-22(36-33-23)15-34-12-4-5-17(14-34)24(35)31-19-10-11-21(27)20(13-19)26(28,29)30/h6-11,13,17H,4-5,12,14-15H2,1-3H3,(H,31,35). The largest absolute Gasteiger partial charge is 0.417 e. The molecule has 0 radical (unpaired) electrons. The second-order valence-corrected chi connectivity index (χ2v) is 10.5. The minimum atomic E-state index is -4.60. The molecule has 192 valence electrons. The van der Waals surface area contributed by atoms with E-state index in [0.717, 1.165) is 30.7 Å². The summed E-state index contributed by atoms with van der Waals surface area (Å²) in [5.74, 6) is 0.231. The van der Waals surface area contributed by atoms with Crippen molar-refractivity contribution in [2.24, 2.45) is 5.92 Å². The molecule has 36 heavy (non-hydrogen) atoms. The predicted octanol–water partition coefficient (Wildman–Crippen LogP) is 6.56. The molecule has 0 saturated carbocycles. The summed E-state index contributed by atoms with van der Waals surface area (Å²) in [5, 5.41) is 6.29. The molecule has 1 aliphatic heterocycles. The third-order valence-electron chi connectivity index (χ3n) is 6.25. The van der Waals surface area contributed by atoms with Crippen LogP contribution < -0.4 is 5.32 Å². The van der Waals surface area contributed by atoms with Crippen molar-refractivity contribution >= 4 is 23.2 Å². The second kappa shape index (κ2) is 10.2. The first-order valence-corrected chi connectivity index (χ1v) is 12.1. The van der Waals surface area contributed by atoms with Gasteiger partial charge in [-0.2, -0.15) is 18.2 Å². The van der Waals surface area contributed by atoms with E-state index in [1.807, 2.05) is 17.0 Å². The average Bonchev–Trinajstić information content (AvgIpc) is 3.27. The zero-order valence-corrected chi connectivity index (χ0v) is 21.1. The number of hydrogen-bond acceptors (Lipinski definition) is 5. The molecule has 1 aromatic heterocycles. The minimum Gasteiger partial charge on any atom is -0.338 e. The first-order chi connectivity index (χ1) is 16.9. The van der Waals surface area contributed by atoms with Crippen molar-refractivity contribution < 1.29 is 22.5 Å². The molecule has 0 aliphatic carbocycles. The Labute approximate surface area is 212 Å². The van der Waals surface area contributed by atoms with Crippen LogP contribution in [0.25, 0.3) is 11.4 Å². The number of rotatable bonds is 5. The van der Waals surface area contributed by atoms with Crippen molar-refractivity contribution in [3.8, 4) is 11.4 Å². The summed E-state index contributed by atoms with van der Waals surface area (Å²) >= 11 is 5.67. The number of amides is 1. The monoisotopic (exact) mass is 520 g/mol. The Balaban J connectivity index is 1.37. The van der Waals surface area contributed by atoms with E-state index in [1.165, 1.54) is 11.6 Å². The first-order valence-electron chi connectivity index (χ1n) is 11.7. The molecule has 3 aromatic rings. The molecule has 0 bridgehead atoms. The molecule has 1 N–H and O–H groups in total. The van der Waals surface area contributed by atoms with Gasteiger partial charge in [0.2, 0.25) is 17.6 Å². The van der Waals surface area contributed by atoms with Gasteiger partial charge in [-0.25, -0.2) is 0 Å². The number of carbonyl (C=O) groups excluding carboxylic acids is 1. The zero-order valence-electron chi connectivity index (χ0n) is 20.3. The smallest absolute Gasteiger partial charge is 0.338 e. The summed E-state index contributed by atoms with van der Waals surface area (Å²) in [7, 11) is 0. The molecule has 1 aliphatic rings. The molecule has 2 heterocycles. The lowest BCUT2D eigenvalue weighted by atomic mass is 9.87. The van der Waals surface area contributed by atoms with Crippen molar-refractivity contribution in [1.82, 2.24) is 15.0 Å². The van der Waals surface area contributed by atoms with Crippen molar-refractivity contribution in [2.75, 3.05) is 18.4 Å². The van der Waals surface area contributed by atoms with Crippen LogP contribution in [0.5, 0.6) is 0 Å². The number of piperidine rings is 1. The normalized spacial score (nSPS) is 17.2. The van der Waals surface area contributed by atoms with Gasteiger partial charge in [0, 0.05) is 17.8 Å². The SMILES string of the molecule is CC(C)(C)c1ccc(-c2noc(CN3CCCC(C(=O)Nc4ccc(Cl)c(C(F)(F)F)c4)C3)n2)cc1. The highest BCUT2D eigenvalue weighted by Crippen LogP contribution is 2.36. The van der Waals surface area contributed by atoms with Gasteiger partial charge in [0.05, 0.1) is 23.0 Å². The van der Waals surface area contributed by atoms with Gasteiger partial charge in [-0.05, 0) is 48.6 Å². The second-order valence-electron chi connectivity index (χ2n) is 10.1. The third kappa shape index (κ3) is 6.25. The lowest BCUT2D eigenvalue weighted by Crippen LogP contribution is -2.40. The Kier molecular flexibility index (Phi) is 7.43. The van der Waals surface area contributed by atoms with Crippen LogP contribution in [0.3, 0.4) is 0 Å². The molecule has 4 rings (SSSR count). The molecule has 10 heteroatoms. The number of anilines is 1. The summed E-state index contributed by atoms with van der Waals surface area (Å²) in [6.45, 7) is 8.02. The first kappa shape index (κ1) is 26.2. The predicted molar refractivity (Wildman–Crippen MR) is 132 cm³/mol. The maximum absolute atomic E-state index is 13.1. The molecule has 2 aromatic carbocycles. The van der Waals surface area contributed by atoms with Crippen molar-refractivity contribution in [3.05, 3.63) is 64.5 Å². The molecule has 1 saturated heterocycles. The van der Waals surface area contributed by atoms with Crippen LogP contribution >= 0.6 is 11.6 Å². The zero-order chi connectivity index (χ0) is 26.1. The Bertz CT molecular complexity index is 1220. The highest BCUT2D eigenvalue weighted by atomic mass is 35.5. The van der Waals surface area contributed by atoms with E-state index < -0.39 is 16.8 Å². The van der Waals surface area contributed by atoms with Gasteiger partial charge >= 0.3 is 6.18 Å². The molecule has 6 nitrogen and oxygen atoms in total. The average molecular weight is 521 g/mol. The lowest BCUT2D eigenvalue weighted by molar-refractivity contribution is -0.137. The number of hydrogen-bond donors (Lipinski definition) is 1. The topological polar surface area (TPSA) is 71.3 Å². The van der Waals surface area contributed by atoms with Gasteiger partial charge in [-0.3, -0.25) is 9.69 Å². The van der Waals surface area contributed by atoms with Gasteiger partial charge in [-0.1, -0.05) is 61.8 Å². The Morgan fingerprint density at radius 1 is 1.17 bits per heavy atom. The van der Waals surface area contributed by atoms with Crippen molar-refractivity contribution in [2.45, 2.75) is 51.7 Å². The van der Waals surface area contributed by atoms with E-state index in [-0.39, 0.29) is 22.9 Å². The van der Waals surface area contributed by atoms with Crippen LogP contribution in [-0.2, 0) is 22.9 Å². The van der Waals surface area contributed by atoms with E-state index in [1.54, 1.807) is 0 Å². The number of carbonyl (C=O) groups is 1. The van der Waals surface area contributed by atoms with Crippen molar-refractivity contribution in [1.29, 1.82) is 0 Å². The highest BCUT2D eigenvalue weighted by Gasteiger charge is 2.34. The number of nitrogens with one attached hydrogen (secondary N) is 1. The van der Waals surface area contributed by atoms with Crippen LogP contribution in [0, 0.1) is 5.92 Å². The molecule has 1 fully saturated rings. The Hall–Kier alpha value is -2.91. The summed E-state index contributed by atoms with van der Waals surface area (Å²) in [6.07, 6.45) is -3.20. The Morgan fingerprint density at radius 3 is 2.56 bits per heavy atom. The molecule has 1 amide bonds. The fourth-order valence-corrected chi connectivity index (χ4v) is 4.45. The molecule has 1 atom stereocenters. The number of aromatic nitrogens is 2. The maximum atomic E-state index is 13.1. The molecular formula is C26H28ClF3N4O2. The summed E-state index contributed by atoms with van der Waals surface area (Å²) in [4.78, 5) is 19.3. The van der Waals surface area contributed by atoms with E-state index in [4.69, 9.17) is 16.1 Å². The van der Waals surface area contributed by atoms with Crippen molar-refractivity contribution in [3.63, 3.8) is 0 Å². The molecule has 0 spiro atoms. The van der Waals surface area contributed by atoms with Gasteiger partial charge in [0.1, 0.15) is 0 Å². The number of benzene rings is 2. The van der Waals surface area contributed by atoms with Gasteiger partial charge in [0.15, 0.2) is 0 Å². The van der Waals surface area contributed by atoms with Gasteiger partial charge < -0.3 is 9.84 Å².